The fraction of sp³-hybridized carbons (Fsp3) is 0.143. The summed E-state index contributed by atoms with van der Waals surface area (Å²) in [5.41, 5.74) is 1.08. The third-order valence-corrected chi connectivity index (χ3v) is 7.42. The van der Waals surface area contributed by atoms with Crippen molar-refractivity contribution in [1.82, 2.24) is 0 Å². The Morgan fingerprint density at radius 2 is 1.64 bits per heavy atom. The van der Waals surface area contributed by atoms with E-state index in [1.54, 1.807) is 0 Å². The molecule has 1 rings (SSSR count). The summed E-state index contributed by atoms with van der Waals surface area (Å²) in [6, 6.07) is 7.69. The molecule has 0 bridgehead atoms. The standard InChI is InChI=1S/C7H7Cl3Te/c1-6-4-2-3-5-7(6)11(8,9)10/h2-5H,1H3. The Hall–Kier alpha value is 0.880. The van der Waals surface area contributed by atoms with Crippen LogP contribution in [0.25, 0.3) is 0 Å². The molecule has 0 aromatic heterocycles. The molecule has 0 fully saturated rings. The summed E-state index contributed by atoms with van der Waals surface area (Å²) in [5.74, 6) is 0. The Morgan fingerprint density at radius 3 is 2.00 bits per heavy atom. The molecule has 11 heavy (non-hydrogen) atoms. The molecule has 4 heteroatoms. The van der Waals surface area contributed by atoms with Crippen molar-refractivity contribution in [2.75, 3.05) is 0 Å². The van der Waals surface area contributed by atoms with Crippen molar-refractivity contribution >= 4 is 45.3 Å². The van der Waals surface area contributed by atoms with Crippen LogP contribution in [0.1, 0.15) is 5.56 Å². The molecule has 0 aliphatic carbocycles. The minimum absolute atomic E-state index is 0.931. The molecule has 0 heterocycles. The van der Waals surface area contributed by atoms with Crippen LogP contribution in [0.15, 0.2) is 24.3 Å². The Morgan fingerprint density at radius 1 is 1.09 bits per heavy atom. The molecule has 1 aromatic rings. The molecule has 1 aromatic carbocycles. The van der Waals surface area contributed by atoms with Crippen LogP contribution in [-0.2, 0) is 0 Å². The van der Waals surface area contributed by atoms with Crippen LogP contribution >= 0.6 is 26.9 Å². The number of aryl methyl sites for hydroxylation is 1. The van der Waals surface area contributed by atoms with Gasteiger partial charge in [0.05, 0.1) is 0 Å². The summed E-state index contributed by atoms with van der Waals surface area (Å²) in [4.78, 5) is 0. The van der Waals surface area contributed by atoms with E-state index in [2.05, 4.69) is 0 Å². The molecule has 0 atom stereocenters. The average molecular weight is 325 g/mol. The van der Waals surface area contributed by atoms with Gasteiger partial charge in [-0.3, -0.25) is 0 Å². The number of rotatable bonds is 1. The number of hydrogen-bond acceptors (Lipinski definition) is 0. The molecule has 0 saturated heterocycles. The molecule has 0 spiro atoms. The molecule has 0 unspecified atom stereocenters. The quantitative estimate of drug-likeness (QED) is 0.697. The molecular weight excluding hydrogens is 318 g/mol. The Balaban J connectivity index is 3.14. The van der Waals surface area contributed by atoms with Gasteiger partial charge in [-0.1, -0.05) is 0 Å². The van der Waals surface area contributed by atoms with Crippen molar-refractivity contribution in [3.8, 4) is 0 Å². The van der Waals surface area contributed by atoms with Gasteiger partial charge in [0.2, 0.25) is 0 Å². The van der Waals surface area contributed by atoms with Gasteiger partial charge in [0, 0.05) is 0 Å². The van der Waals surface area contributed by atoms with Crippen molar-refractivity contribution in [2.24, 2.45) is 0 Å². The number of halogens is 3. The Labute approximate surface area is 81.5 Å². The number of benzene rings is 1. The maximum absolute atomic E-state index is 5.88. The Bertz CT molecular complexity index is 254. The first-order valence-electron chi connectivity index (χ1n) is 2.99. The van der Waals surface area contributed by atoms with E-state index in [4.69, 9.17) is 26.9 Å². The minimum atomic E-state index is -3.16. The molecule has 0 N–H and O–H groups in total. The first-order valence-corrected chi connectivity index (χ1v) is 13.0. The van der Waals surface area contributed by atoms with E-state index >= 15 is 0 Å². The molecule has 0 amide bonds. The van der Waals surface area contributed by atoms with E-state index in [1.165, 1.54) is 0 Å². The van der Waals surface area contributed by atoms with Crippen LogP contribution < -0.4 is 3.61 Å². The van der Waals surface area contributed by atoms with E-state index in [0.717, 1.165) is 9.17 Å². The van der Waals surface area contributed by atoms with Gasteiger partial charge >= 0.3 is 82.1 Å². The average Bonchev–Trinajstić information content (AvgIpc) is 1.86. The van der Waals surface area contributed by atoms with E-state index in [9.17, 15) is 0 Å². The fourth-order valence-electron chi connectivity index (χ4n) is 0.816. The predicted molar refractivity (Wildman–Crippen MR) is 54.1 cm³/mol. The summed E-state index contributed by atoms with van der Waals surface area (Å²) >= 11 is -3.16. The van der Waals surface area contributed by atoms with E-state index in [1.807, 2.05) is 31.2 Å². The zero-order chi connectivity index (χ0) is 8.48. The van der Waals surface area contributed by atoms with Crippen molar-refractivity contribution in [3.63, 3.8) is 0 Å². The first-order chi connectivity index (χ1) is 5.02. The number of hydrogen-bond donors (Lipinski definition) is 0. The van der Waals surface area contributed by atoms with Gasteiger partial charge in [0.1, 0.15) is 0 Å². The zero-order valence-corrected chi connectivity index (χ0v) is 10.4. The second-order valence-electron chi connectivity index (χ2n) is 2.17. The molecule has 0 nitrogen and oxygen atoms in total. The van der Waals surface area contributed by atoms with Crippen molar-refractivity contribution in [2.45, 2.75) is 6.92 Å². The van der Waals surface area contributed by atoms with Gasteiger partial charge in [0.25, 0.3) is 0 Å². The van der Waals surface area contributed by atoms with Crippen LogP contribution in [-0.4, -0.2) is 14.8 Å². The summed E-state index contributed by atoms with van der Waals surface area (Å²) < 4.78 is 0.931. The Kier molecular flexibility index (Phi) is 3.38. The summed E-state index contributed by atoms with van der Waals surface area (Å²) in [6.07, 6.45) is 0. The second kappa shape index (κ2) is 3.73. The second-order valence-corrected chi connectivity index (χ2v) is 18.2. The molecule has 0 radical (unpaired) electrons. The fourth-order valence-corrected chi connectivity index (χ4v) is 6.20. The van der Waals surface area contributed by atoms with Gasteiger partial charge in [-0.15, -0.1) is 0 Å². The monoisotopic (exact) mass is 326 g/mol. The van der Waals surface area contributed by atoms with Crippen LogP contribution in [0.3, 0.4) is 0 Å². The molecular formula is C7H7Cl3Te. The van der Waals surface area contributed by atoms with Gasteiger partial charge < -0.3 is 0 Å². The van der Waals surface area contributed by atoms with Crippen molar-refractivity contribution < 1.29 is 0 Å². The van der Waals surface area contributed by atoms with Crippen LogP contribution in [0, 0.1) is 6.92 Å². The van der Waals surface area contributed by atoms with Crippen molar-refractivity contribution in [1.29, 1.82) is 0 Å². The van der Waals surface area contributed by atoms with E-state index in [-0.39, 0.29) is 0 Å². The molecule has 0 aliphatic rings. The maximum atomic E-state index is 5.88. The first kappa shape index (κ1) is 9.96. The summed E-state index contributed by atoms with van der Waals surface area (Å²) in [5, 5.41) is 0. The molecule has 0 saturated carbocycles. The predicted octanol–water partition coefficient (Wildman–Crippen LogP) is 2.86. The summed E-state index contributed by atoms with van der Waals surface area (Å²) in [6.45, 7) is 1.96. The molecule has 62 valence electrons. The third kappa shape index (κ3) is 2.68. The summed E-state index contributed by atoms with van der Waals surface area (Å²) in [7, 11) is 17.7. The van der Waals surface area contributed by atoms with Gasteiger partial charge in [-0.2, -0.15) is 0 Å². The van der Waals surface area contributed by atoms with Crippen LogP contribution in [0.2, 0.25) is 0 Å². The van der Waals surface area contributed by atoms with Crippen LogP contribution in [0.4, 0.5) is 0 Å². The van der Waals surface area contributed by atoms with Gasteiger partial charge in [-0.05, 0) is 0 Å². The SMILES string of the molecule is Cc1ccccc1[Te](Cl)(Cl)Cl. The van der Waals surface area contributed by atoms with E-state index in [0.29, 0.717) is 0 Å². The normalized spacial score (nSPS) is 13.1. The zero-order valence-electron chi connectivity index (χ0n) is 5.85. The van der Waals surface area contributed by atoms with Crippen LogP contribution in [0.5, 0.6) is 0 Å². The van der Waals surface area contributed by atoms with Gasteiger partial charge in [0.15, 0.2) is 0 Å². The van der Waals surface area contributed by atoms with Crippen molar-refractivity contribution in [3.05, 3.63) is 29.8 Å². The van der Waals surface area contributed by atoms with E-state index < -0.39 is 14.8 Å². The van der Waals surface area contributed by atoms with Gasteiger partial charge in [-0.25, -0.2) is 0 Å². The topological polar surface area (TPSA) is 0 Å². The third-order valence-electron chi connectivity index (χ3n) is 1.34. The molecule has 0 aliphatic heterocycles.